The molecule has 0 radical (unpaired) electrons. The molecule has 0 spiro atoms. The number of morpholine rings is 1. The quantitative estimate of drug-likeness (QED) is 0.785. The van der Waals surface area contributed by atoms with Crippen LogP contribution < -0.4 is 5.32 Å². The van der Waals surface area contributed by atoms with Crippen LogP contribution in [0.1, 0.15) is 36.0 Å². The van der Waals surface area contributed by atoms with Gasteiger partial charge in [0.15, 0.2) is 0 Å². The molecule has 3 rings (SSSR count). The molecule has 2 atom stereocenters. The second-order valence-corrected chi connectivity index (χ2v) is 7.09. The summed E-state index contributed by atoms with van der Waals surface area (Å²) in [6, 6.07) is 6.71. The monoisotopic (exact) mass is 384 g/mol. The van der Waals surface area contributed by atoms with Gasteiger partial charge in [-0.2, -0.15) is 0 Å². The fourth-order valence-corrected chi connectivity index (χ4v) is 3.21. The van der Waals surface area contributed by atoms with Gasteiger partial charge in [-0.3, -0.25) is 14.6 Å². The molecule has 8 nitrogen and oxygen atoms in total. The third kappa shape index (κ3) is 4.52. The zero-order chi connectivity index (χ0) is 20.1. The smallest absolute Gasteiger partial charge is 0.275 e. The number of aromatic nitrogens is 2. The van der Waals surface area contributed by atoms with Crippen LogP contribution >= 0.6 is 0 Å². The van der Waals surface area contributed by atoms with Crippen molar-refractivity contribution >= 4 is 17.5 Å². The van der Waals surface area contributed by atoms with E-state index in [9.17, 15) is 14.7 Å². The standard InChI is InChI=1S/C20H24N4O4/c1-13(2)10-24-17(11-25)19(28-12-18(24)26)14-3-5-15(6-4-14)23-20(27)16-9-21-7-8-22-16/h3-9,13,17,19,25H,10-12H2,1-2H3,(H,23,27)/t17-,19-/m1/s1. The summed E-state index contributed by atoms with van der Waals surface area (Å²) in [5, 5.41) is 12.6. The molecule has 8 heteroatoms. The largest absolute Gasteiger partial charge is 0.394 e. The van der Waals surface area contributed by atoms with E-state index in [4.69, 9.17) is 4.74 Å². The van der Waals surface area contributed by atoms with E-state index in [1.165, 1.54) is 18.6 Å². The number of nitrogens with one attached hydrogen (secondary N) is 1. The summed E-state index contributed by atoms with van der Waals surface area (Å²) in [7, 11) is 0. The van der Waals surface area contributed by atoms with Crippen LogP contribution in [0.25, 0.3) is 0 Å². The molecule has 1 aromatic carbocycles. The maximum atomic E-state index is 12.2. The van der Waals surface area contributed by atoms with Crippen LogP contribution in [-0.4, -0.2) is 57.6 Å². The molecule has 2 N–H and O–H groups in total. The Labute approximate surface area is 163 Å². The molecular formula is C20H24N4O4. The van der Waals surface area contributed by atoms with Crippen molar-refractivity contribution in [3.05, 3.63) is 54.1 Å². The van der Waals surface area contributed by atoms with Crippen molar-refractivity contribution in [3.63, 3.8) is 0 Å². The van der Waals surface area contributed by atoms with Gasteiger partial charge in [0.1, 0.15) is 18.4 Å². The zero-order valence-electron chi connectivity index (χ0n) is 15.9. The van der Waals surface area contributed by atoms with Gasteiger partial charge in [0.2, 0.25) is 5.91 Å². The van der Waals surface area contributed by atoms with E-state index in [-0.39, 0.29) is 36.6 Å². The van der Waals surface area contributed by atoms with Crippen LogP contribution in [-0.2, 0) is 9.53 Å². The lowest BCUT2D eigenvalue weighted by Crippen LogP contribution is -2.53. The first-order chi connectivity index (χ1) is 13.5. The van der Waals surface area contributed by atoms with Crippen LogP contribution in [0.2, 0.25) is 0 Å². The van der Waals surface area contributed by atoms with Crippen LogP contribution in [0, 0.1) is 5.92 Å². The lowest BCUT2D eigenvalue weighted by molar-refractivity contribution is -0.161. The predicted molar refractivity (Wildman–Crippen MR) is 103 cm³/mol. The second-order valence-electron chi connectivity index (χ2n) is 7.09. The molecular weight excluding hydrogens is 360 g/mol. The van der Waals surface area contributed by atoms with E-state index < -0.39 is 12.1 Å². The molecule has 1 fully saturated rings. The number of nitrogens with zero attached hydrogens (tertiary/aromatic N) is 3. The van der Waals surface area contributed by atoms with Crippen LogP contribution in [0.4, 0.5) is 5.69 Å². The summed E-state index contributed by atoms with van der Waals surface area (Å²) in [6.45, 7) is 4.42. The number of anilines is 1. The molecule has 2 amide bonds. The van der Waals surface area contributed by atoms with E-state index in [1.54, 1.807) is 17.0 Å². The van der Waals surface area contributed by atoms with Crippen molar-refractivity contribution in [2.45, 2.75) is 26.0 Å². The van der Waals surface area contributed by atoms with E-state index in [1.807, 2.05) is 26.0 Å². The van der Waals surface area contributed by atoms with Crippen molar-refractivity contribution in [2.24, 2.45) is 5.92 Å². The topological polar surface area (TPSA) is 105 Å². The third-order valence-corrected chi connectivity index (χ3v) is 4.50. The van der Waals surface area contributed by atoms with E-state index in [0.717, 1.165) is 5.56 Å². The molecule has 0 unspecified atom stereocenters. The van der Waals surface area contributed by atoms with Crippen LogP contribution in [0.5, 0.6) is 0 Å². The van der Waals surface area contributed by atoms with E-state index in [2.05, 4.69) is 15.3 Å². The highest BCUT2D eigenvalue weighted by Gasteiger charge is 2.37. The van der Waals surface area contributed by atoms with Gasteiger partial charge in [-0.15, -0.1) is 0 Å². The first-order valence-electron chi connectivity index (χ1n) is 9.19. The molecule has 1 aliphatic heterocycles. The number of rotatable bonds is 6. The predicted octanol–water partition coefficient (Wildman–Crippen LogP) is 1.65. The minimum Gasteiger partial charge on any atom is -0.394 e. The fourth-order valence-electron chi connectivity index (χ4n) is 3.21. The van der Waals surface area contributed by atoms with Gasteiger partial charge in [0, 0.05) is 24.6 Å². The average molecular weight is 384 g/mol. The summed E-state index contributed by atoms with van der Waals surface area (Å²) in [5.41, 5.74) is 1.66. The Morgan fingerprint density at radius 2 is 2.07 bits per heavy atom. The lowest BCUT2D eigenvalue weighted by Gasteiger charge is -2.41. The molecule has 2 aromatic rings. The highest BCUT2D eigenvalue weighted by atomic mass is 16.5. The molecule has 0 saturated carbocycles. The fraction of sp³-hybridized carbons (Fsp3) is 0.400. The maximum Gasteiger partial charge on any atom is 0.275 e. The summed E-state index contributed by atoms with van der Waals surface area (Å²) in [6.07, 6.45) is 3.93. The number of carbonyl (C=O) groups is 2. The van der Waals surface area contributed by atoms with E-state index >= 15 is 0 Å². The number of carbonyl (C=O) groups excluding carboxylic acids is 2. The first kappa shape index (κ1) is 19.9. The van der Waals surface area contributed by atoms with Crippen molar-refractivity contribution in [3.8, 4) is 0 Å². The Morgan fingerprint density at radius 3 is 2.68 bits per heavy atom. The number of aliphatic hydroxyl groups is 1. The van der Waals surface area contributed by atoms with Crippen molar-refractivity contribution in [2.75, 3.05) is 25.1 Å². The molecule has 2 heterocycles. The van der Waals surface area contributed by atoms with E-state index in [0.29, 0.717) is 12.2 Å². The van der Waals surface area contributed by atoms with Gasteiger partial charge in [-0.1, -0.05) is 26.0 Å². The van der Waals surface area contributed by atoms with Gasteiger partial charge >= 0.3 is 0 Å². The molecule has 28 heavy (non-hydrogen) atoms. The minimum atomic E-state index is -0.441. The Bertz CT molecular complexity index is 811. The van der Waals surface area contributed by atoms with Gasteiger partial charge in [-0.25, -0.2) is 4.98 Å². The molecule has 148 valence electrons. The van der Waals surface area contributed by atoms with Crippen LogP contribution in [0.15, 0.2) is 42.9 Å². The number of amides is 2. The number of benzene rings is 1. The number of aliphatic hydroxyl groups excluding tert-OH is 1. The molecule has 1 aromatic heterocycles. The Kier molecular flexibility index (Phi) is 6.33. The van der Waals surface area contributed by atoms with Gasteiger partial charge in [0.05, 0.1) is 18.8 Å². The number of hydrogen-bond donors (Lipinski definition) is 2. The summed E-state index contributed by atoms with van der Waals surface area (Å²) >= 11 is 0. The summed E-state index contributed by atoms with van der Waals surface area (Å²) in [4.78, 5) is 33.9. The minimum absolute atomic E-state index is 0.0148. The SMILES string of the molecule is CC(C)CN1C(=O)CO[C@H](c2ccc(NC(=O)c3cnccn3)cc2)[C@H]1CO. The van der Waals surface area contributed by atoms with Gasteiger partial charge < -0.3 is 20.1 Å². The zero-order valence-corrected chi connectivity index (χ0v) is 15.9. The molecule has 0 aliphatic carbocycles. The Hall–Kier alpha value is -2.84. The Morgan fingerprint density at radius 1 is 1.32 bits per heavy atom. The first-order valence-corrected chi connectivity index (χ1v) is 9.19. The summed E-state index contributed by atoms with van der Waals surface area (Å²) < 4.78 is 5.73. The van der Waals surface area contributed by atoms with Crippen molar-refractivity contribution in [1.82, 2.24) is 14.9 Å². The molecule has 1 aliphatic rings. The molecule has 1 saturated heterocycles. The van der Waals surface area contributed by atoms with Crippen LogP contribution in [0.3, 0.4) is 0 Å². The van der Waals surface area contributed by atoms with Crippen molar-refractivity contribution < 1.29 is 19.4 Å². The average Bonchev–Trinajstić information content (AvgIpc) is 2.70. The normalized spacial score (nSPS) is 19.7. The van der Waals surface area contributed by atoms with Crippen molar-refractivity contribution in [1.29, 1.82) is 0 Å². The maximum absolute atomic E-state index is 12.2. The Balaban J connectivity index is 1.73. The van der Waals surface area contributed by atoms with Gasteiger partial charge in [-0.05, 0) is 23.6 Å². The lowest BCUT2D eigenvalue weighted by atomic mass is 9.98. The second kappa shape index (κ2) is 8.90. The number of ether oxygens (including phenoxy) is 1. The number of hydrogen-bond acceptors (Lipinski definition) is 6. The summed E-state index contributed by atoms with van der Waals surface area (Å²) in [5.74, 6) is -0.177. The highest BCUT2D eigenvalue weighted by Crippen LogP contribution is 2.30. The molecule has 0 bridgehead atoms. The third-order valence-electron chi connectivity index (χ3n) is 4.50. The van der Waals surface area contributed by atoms with Gasteiger partial charge in [0.25, 0.3) is 5.91 Å². The highest BCUT2D eigenvalue weighted by molar-refractivity contribution is 6.02.